The molecule has 2 aromatic carbocycles. The van der Waals surface area contributed by atoms with E-state index in [4.69, 9.17) is 0 Å². The van der Waals surface area contributed by atoms with Crippen LogP contribution in [0.1, 0.15) is 22.4 Å². The number of alkyl halides is 3. The molecule has 0 aliphatic carbocycles. The number of halogens is 5. The van der Waals surface area contributed by atoms with Crippen molar-refractivity contribution in [2.24, 2.45) is 0 Å². The molecule has 0 radical (unpaired) electrons. The standard InChI is InChI=1S/C23H21F5N2/c1-2-9-29(14-18-11-20(24)13-21(25)12-18)16-22-4-3-10-30(22)15-17-5-7-19(8-6-17)23(26,27)28/h2-8,10-13H,1,9,14-16H2/p+1. The minimum Gasteiger partial charge on any atom is -0.342 e. The molecule has 0 saturated carbocycles. The molecule has 7 heteroatoms. The maximum Gasteiger partial charge on any atom is 0.416 e. The molecule has 0 saturated heterocycles. The Hall–Kier alpha value is -2.93. The van der Waals surface area contributed by atoms with Gasteiger partial charge < -0.3 is 9.47 Å². The molecular formula is C23H22F5N2+. The van der Waals surface area contributed by atoms with Crippen LogP contribution < -0.4 is 4.90 Å². The topological polar surface area (TPSA) is 9.37 Å². The maximum absolute atomic E-state index is 13.5. The van der Waals surface area contributed by atoms with Crippen molar-refractivity contribution in [2.45, 2.75) is 25.8 Å². The summed E-state index contributed by atoms with van der Waals surface area (Å²) in [6.45, 7) is 5.75. The highest BCUT2D eigenvalue weighted by Gasteiger charge is 2.29. The first kappa shape index (κ1) is 21.8. The Morgan fingerprint density at radius 1 is 0.900 bits per heavy atom. The summed E-state index contributed by atoms with van der Waals surface area (Å²) < 4.78 is 67.2. The van der Waals surface area contributed by atoms with Gasteiger partial charge in [-0.3, -0.25) is 0 Å². The second-order valence-electron chi connectivity index (χ2n) is 7.20. The predicted octanol–water partition coefficient (Wildman–Crippen LogP) is 4.60. The number of nitrogens with one attached hydrogen (secondary N) is 1. The molecule has 1 atom stereocenters. The molecule has 158 valence electrons. The van der Waals surface area contributed by atoms with Crippen LogP contribution in [0, 0.1) is 11.6 Å². The second kappa shape index (κ2) is 9.26. The van der Waals surface area contributed by atoms with Gasteiger partial charge in [0.15, 0.2) is 0 Å². The van der Waals surface area contributed by atoms with Crippen LogP contribution in [0.4, 0.5) is 22.0 Å². The predicted molar refractivity (Wildman–Crippen MR) is 105 cm³/mol. The molecule has 2 nitrogen and oxygen atoms in total. The van der Waals surface area contributed by atoms with Crippen LogP contribution >= 0.6 is 0 Å². The molecule has 0 bridgehead atoms. The number of aromatic nitrogens is 1. The van der Waals surface area contributed by atoms with Gasteiger partial charge in [0.1, 0.15) is 24.7 Å². The second-order valence-corrected chi connectivity index (χ2v) is 7.20. The van der Waals surface area contributed by atoms with Crippen molar-refractivity contribution in [1.82, 2.24) is 4.57 Å². The molecule has 3 aromatic rings. The summed E-state index contributed by atoms with van der Waals surface area (Å²) in [7, 11) is 0. The van der Waals surface area contributed by atoms with Gasteiger partial charge >= 0.3 is 6.18 Å². The first-order chi connectivity index (χ1) is 14.2. The Morgan fingerprint density at radius 3 is 2.17 bits per heavy atom. The van der Waals surface area contributed by atoms with Crippen LogP contribution in [0.5, 0.6) is 0 Å². The lowest BCUT2D eigenvalue weighted by molar-refractivity contribution is -0.922. The fourth-order valence-electron chi connectivity index (χ4n) is 3.43. The third kappa shape index (κ3) is 5.79. The lowest BCUT2D eigenvalue weighted by Crippen LogP contribution is -3.09. The van der Waals surface area contributed by atoms with Crippen LogP contribution in [-0.4, -0.2) is 11.1 Å². The molecule has 1 N–H and O–H groups in total. The summed E-state index contributed by atoms with van der Waals surface area (Å²) in [6.07, 6.45) is -0.753. The third-order valence-corrected chi connectivity index (χ3v) is 4.80. The smallest absolute Gasteiger partial charge is 0.342 e. The van der Waals surface area contributed by atoms with E-state index in [1.54, 1.807) is 6.08 Å². The molecule has 1 unspecified atom stereocenters. The van der Waals surface area contributed by atoms with E-state index in [0.29, 0.717) is 31.7 Å². The average Bonchev–Trinajstić information content (AvgIpc) is 3.07. The Morgan fingerprint density at radius 2 is 1.57 bits per heavy atom. The quantitative estimate of drug-likeness (QED) is 0.402. The van der Waals surface area contributed by atoms with E-state index >= 15 is 0 Å². The van der Waals surface area contributed by atoms with E-state index < -0.39 is 23.4 Å². The molecule has 0 aliphatic rings. The van der Waals surface area contributed by atoms with Crippen molar-refractivity contribution in [3.63, 3.8) is 0 Å². The number of hydrogen-bond donors (Lipinski definition) is 1. The van der Waals surface area contributed by atoms with Gasteiger partial charge in [0.2, 0.25) is 0 Å². The monoisotopic (exact) mass is 421 g/mol. The van der Waals surface area contributed by atoms with E-state index in [1.165, 1.54) is 24.3 Å². The number of benzene rings is 2. The summed E-state index contributed by atoms with van der Waals surface area (Å²) in [5.74, 6) is -1.23. The van der Waals surface area contributed by atoms with Gasteiger partial charge in [-0.25, -0.2) is 8.78 Å². The molecule has 0 spiro atoms. The molecular weight excluding hydrogens is 399 g/mol. The van der Waals surface area contributed by atoms with Gasteiger partial charge in [-0.05, 0) is 48.0 Å². The zero-order chi connectivity index (χ0) is 21.7. The summed E-state index contributed by atoms with van der Waals surface area (Å²) in [5.41, 5.74) is 1.58. The van der Waals surface area contributed by atoms with Gasteiger partial charge in [-0.15, -0.1) is 0 Å². The van der Waals surface area contributed by atoms with Gasteiger partial charge in [-0.1, -0.05) is 18.7 Å². The highest BCUT2D eigenvalue weighted by atomic mass is 19.4. The molecule has 0 amide bonds. The van der Waals surface area contributed by atoms with Gasteiger partial charge in [0.05, 0.1) is 17.8 Å². The van der Waals surface area contributed by atoms with Crippen molar-refractivity contribution < 1.29 is 26.9 Å². The zero-order valence-corrected chi connectivity index (χ0v) is 16.2. The van der Waals surface area contributed by atoms with Crippen molar-refractivity contribution in [2.75, 3.05) is 6.54 Å². The van der Waals surface area contributed by atoms with Crippen molar-refractivity contribution >= 4 is 0 Å². The summed E-state index contributed by atoms with van der Waals surface area (Å²) in [6, 6.07) is 12.4. The minimum absolute atomic E-state index is 0.409. The molecule has 3 rings (SSSR count). The van der Waals surface area contributed by atoms with E-state index in [2.05, 4.69) is 6.58 Å². The van der Waals surface area contributed by atoms with Gasteiger partial charge in [-0.2, -0.15) is 13.2 Å². The molecule has 1 aromatic heterocycles. The normalized spacial score (nSPS) is 12.7. The van der Waals surface area contributed by atoms with Gasteiger partial charge in [0, 0.05) is 24.4 Å². The largest absolute Gasteiger partial charge is 0.416 e. The number of nitrogens with zero attached hydrogens (tertiary/aromatic N) is 1. The minimum atomic E-state index is -4.36. The van der Waals surface area contributed by atoms with Crippen LogP contribution in [0.2, 0.25) is 0 Å². The Bertz CT molecular complexity index is 969. The maximum atomic E-state index is 13.5. The van der Waals surface area contributed by atoms with Crippen molar-refractivity contribution in [3.05, 3.63) is 107 Å². The first-order valence-corrected chi connectivity index (χ1v) is 9.44. The molecule has 0 aliphatic heterocycles. The number of hydrogen-bond acceptors (Lipinski definition) is 0. The molecule has 0 fully saturated rings. The van der Waals surface area contributed by atoms with Crippen LogP contribution in [-0.2, 0) is 25.8 Å². The van der Waals surface area contributed by atoms with E-state index in [1.807, 2.05) is 22.9 Å². The van der Waals surface area contributed by atoms with E-state index in [0.717, 1.165) is 34.4 Å². The highest BCUT2D eigenvalue weighted by molar-refractivity contribution is 5.25. The lowest BCUT2D eigenvalue weighted by atomic mass is 10.1. The van der Waals surface area contributed by atoms with Crippen LogP contribution in [0.15, 0.2) is 73.4 Å². The van der Waals surface area contributed by atoms with E-state index in [9.17, 15) is 22.0 Å². The summed E-state index contributed by atoms with van der Waals surface area (Å²) in [4.78, 5) is 1.03. The number of rotatable bonds is 8. The van der Waals surface area contributed by atoms with E-state index in [-0.39, 0.29) is 0 Å². The lowest BCUT2D eigenvalue weighted by Gasteiger charge is -2.19. The number of quaternary nitrogens is 1. The van der Waals surface area contributed by atoms with Crippen LogP contribution in [0.3, 0.4) is 0 Å². The fraction of sp³-hybridized carbons (Fsp3) is 0.217. The zero-order valence-electron chi connectivity index (χ0n) is 16.2. The Labute approximate surface area is 171 Å². The van der Waals surface area contributed by atoms with Crippen LogP contribution in [0.25, 0.3) is 0 Å². The first-order valence-electron chi connectivity index (χ1n) is 9.44. The van der Waals surface area contributed by atoms with Crippen molar-refractivity contribution in [3.8, 4) is 0 Å². The summed E-state index contributed by atoms with van der Waals surface area (Å²) in [5, 5.41) is 0. The SMILES string of the molecule is C=CC[NH+](Cc1cc(F)cc(F)c1)Cc1cccn1Cc1ccc(C(F)(F)F)cc1. The molecule has 30 heavy (non-hydrogen) atoms. The van der Waals surface area contributed by atoms with Gasteiger partial charge in [0.25, 0.3) is 0 Å². The molecule has 1 heterocycles. The van der Waals surface area contributed by atoms with Crippen molar-refractivity contribution in [1.29, 1.82) is 0 Å². The summed E-state index contributed by atoms with van der Waals surface area (Å²) >= 11 is 0. The Kier molecular flexibility index (Phi) is 6.72. The fourth-order valence-corrected chi connectivity index (χ4v) is 3.43. The highest BCUT2D eigenvalue weighted by Crippen LogP contribution is 2.29. The Balaban J connectivity index is 1.73. The average molecular weight is 421 g/mol. The third-order valence-electron chi connectivity index (χ3n) is 4.80.